The Morgan fingerprint density at radius 1 is 1.32 bits per heavy atom. The van der Waals surface area contributed by atoms with Gasteiger partial charge in [0, 0.05) is 12.8 Å². The zero-order valence-corrected chi connectivity index (χ0v) is 12.2. The van der Waals surface area contributed by atoms with Gasteiger partial charge in [-0.1, -0.05) is 19.8 Å². The highest BCUT2D eigenvalue weighted by Gasteiger charge is 2.47. The van der Waals surface area contributed by atoms with Crippen molar-refractivity contribution in [2.75, 3.05) is 19.8 Å². The van der Waals surface area contributed by atoms with E-state index in [4.69, 9.17) is 14.2 Å². The third-order valence-electron chi connectivity index (χ3n) is 4.31. The number of ether oxygens (including phenoxy) is 3. The summed E-state index contributed by atoms with van der Waals surface area (Å²) in [6.07, 6.45) is 5.86. The maximum absolute atomic E-state index is 12.1. The van der Waals surface area contributed by atoms with Crippen molar-refractivity contribution in [2.24, 2.45) is 11.8 Å². The van der Waals surface area contributed by atoms with Crippen LogP contribution in [0.5, 0.6) is 0 Å². The number of carbonyl (C=O) groups excluding carboxylic acids is 1. The summed E-state index contributed by atoms with van der Waals surface area (Å²) in [7, 11) is 0. The Morgan fingerprint density at radius 2 is 2.05 bits per heavy atom. The maximum atomic E-state index is 12.1. The van der Waals surface area contributed by atoms with Crippen molar-refractivity contribution in [1.82, 2.24) is 0 Å². The second kappa shape index (κ2) is 6.71. The van der Waals surface area contributed by atoms with E-state index in [1.165, 1.54) is 0 Å². The monoisotopic (exact) mass is 270 g/mol. The highest BCUT2D eigenvalue weighted by molar-refractivity contribution is 5.73. The van der Waals surface area contributed by atoms with Crippen molar-refractivity contribution in [3.63, 3.8) is 0 Å². The SMILES string of the molecule is CCCC[C@@H]1CC2(CC[C@H]1C(=O)OCC)OCCO2. The fourth-order valence-corrected chi connectivity index (χ4v) is 3.34. The Balaban J connectivity index is 2.00. The lowest BCUT2D eigenvalue weighted by molar-refractivity contribution is -0.200. The molecule has 4 heteroatoms. The summed E-state index contributed by atoms with van der Waals surface area (Å²) in [5.41, 5.74) is 0. The summed E-state index contributed by atoms with van der Waals surface area (Å²) in [6.45, 7) is 5.89. The third-order valence-corrected chi connectivity index (χ3v) is 4.31. The zero-order valence-electron chi connectivity index (χ0n) is 12.2. The molecule has 2 aliphatic rings. The Hall–Kier alpha value is -0.610. The first kappa shape index (κ1) is 14.8. The number of unbranched alkanes of at least 4 members (excludes halogenated alkanes) is 1. The predicted octanol–water partition coefficient (Wildman–Crippen LogP) is 2.90. The van der Waals surface area contributed by atoms with Crippen molar-refractivity contribution in [3.05, 3.63) is 0 Å². The van der Waals surface area contributed by atoms with Gasteiger partial charge in [-0.15, -0.1) is 0 Å². The first-order chi connectivity index (χ1) is 9.21. The molecule has 0 amide bonds. The highest BCUT2D eigenvalue weighted by Crippen LogP contribution is 2.44. The normalized spacial score (nSPS) is 29.6. The fourth-order valence-electron chi connectivity index (χ4n) is 3.34. The van der Waals surface area contributed by atoms with Crippen LogP contribution in [0.3, 0.4) is 0 Å². The molecule has 2 fully saturated rings. The first-order valence-corrected chi connectivity index (χ1v) is 7.65. The second-order valence-corrected chi connectivity index (χ2v) is 5.61. The number of esters is 1. The average Bonchev–Trinajstić information content (AvgIpc) is 2.85. The molecule has 2 rings (SSSR count). The third kappa shape index (κ3) is 3.48. The minimum atomic E-state index is -0.401. The maximum Gasteiger partial charge on any atom is 0.309 e. The summed E-state index contributed by atoms with van der Waals surface area (Å²) in [6, 6.07) is 0. The van der Waals surface area contributed by atoms with Gasteiger partial charge in [-0.25, -0.2) is 0 Å². The zero-order chi connectivity index (χ0) is 13.7. The van der Waals surface area contributed by atoms with E-state index in [2.05, 4.69) is 6.92 Å². The van der Waals surface area contributed by atoms with Crippen molar-refractivity contribution < 1.29 is 19.0 Å². The summed E-state index contributed by atoms with van der Waals surface area (Å²) in [4.78, 5) is 12.1. The Bertz CT molecular complexity index is 297. The molecule has 1 saturated carbocycles. The minimum absolute atomic E-state index is 0.0311. The Kier molecular flexibility index (Phi) is 5.22. The molecule has 0 bridgehead atoms. The van der Waals surface area contributed by atoms with Gasteiger partial charge in [0.1, 0.15) is 0 Å². The summed E-state index contributed by atoms with van der Waals surface area (Å²) >= 11 is 0. The molecule has 0 aromatic heterocycles. The minimum Gasteiger partial charge on any atom is -0.466 e. The van der Waals surface area contributed by atoms with Crippen LogP contribution >= 0.6 is 0 Å². The molecule has 1 spiro atoms. The molecule has 19 heavy (non-hydrogen) atoms. The van der Waals surface area contributed by atoms with Crippen LogP contribution in [-0.2, 0) is 19.0 Å². The topological polar surface area (TPSA) is 44.8 Å². The standard InChI is InChI=1S/C15H26O4/c1-3-5-6-12-11-15(18-9-10-19-15)8-7-13(12)14(16)17-4-2/h12-13H,3-11H2,1-2H3/t12-,13-/m1/s1. The van der Waals surface area contributed by atoms with Crippen LogP contribution in [0.1, 0.15) is 52.4 Å². The highest BCUT2D eigenvalue weighted by atomic mass is 16.7. The van der Waals surface area contributed by atoms with E-state index in [-0.39, 0.29) is 11.9 Å². The molecule has 0 aromatic rings. The molecule has 1 aliphatic carbocycles. The summed E-state index contributed by atoms with van der Waals surface area (Å²) in [5, 5.41) is 0. The second-order valence-electron chi connectivity index (χ2n) is 5.61. The van der Waals surface area contributed by atoms with Crippen molar-refractivity contribution in [3.8, 4) is 0 Å². The number of carbonyl (C=O) groups is 1. The van der Waals surface area contributed by atoms with Crippen LogP contribution in [-0.4, -0.2) is 31.6 Å². The lowest BCUT2D eigenvalue weighted by Gasteiger charge is -2.40. The van der Waals surface area contributed by atoms with Gasteiger partial charge in [0.25, 0.3) is 0 Å². The smallest absolute Gasteiger partial charge is 0.309 e. The van der Waals surface area contributed by atoms with E-state index < -0.39 is 5.79 Å². The number of hydrogen-bond donors (Lipinski definition) is 0. The van der Waals surface area contributed by atoms with Crippen LogP contribution in [0.15, 0.2) is 0 Å². The molecule has 0 N–H and O–H groups in total. The van der Waals surface area contributed by atoms with Crippen LogP contribution in [0.2, 0.25) is 0 Å². The van der Waals surface area contributed by atoms with Crippen molar-refractivity contribution >= 4 is 5.97 Å². The van der Waals surface area contributed by atoms with Gasteiger partial charge in [0.2, 0.25) is 0 Å². The molecule has 4 nitrogen and oxygen atoms in total. The largest absolute Gasteiger partial charge is 0.466 e. The molecule has 0 radical (unpaired) electrons. The number of rotatable bonds is 5. The lowest BCUT2D eigenvalue weighted by atomic mass is 9.74. The van der Waals surface area contributed by atoms with Crippen LogP contribution < -0.4 is 0 Å². The lowest BCUT2D eigenvalue weighted by Crippen LogP contribution is -2.43. The van der Waals surface area contributed by atoms with E-state index in [1.807, 2.05) is 6.92 Å². The quantitative estimate of drug-likeness (QED) is 0.721. The Morgan fingerprint density at radius 3 is 2.68 bits per heavy atom. The van der Waals surface area contributed by atoms with Crippen LogP contribution in [0.25, 0.3) is 0 Å². The van der Waals surface area contributed by atoms with Gasteiger partial charge in [-0.3, -0.25) is 4.79 Å². The molecular weight excluding hydrogens is 244 g/mol. The van der Waals surface area contributed by atoms with E-state index in [9.17, 15) is 4.79 Å². The van der Waals surface area contributed by atoms with Gasteiger partial charge < -0.3 is 14.2 Å². The molecule has 1 saturated heterocycles. The molecule has 1 heterocycles. The van der Waals surface area contributed by atoms with Gasteiger partial charge in [0.15, 0.2) is 5.79 Å². The molecule has 1 aliphatic heterocycles. The molecule has 110 valence electrons. The van der Waals surface area contributed by atoms with Gasteiger partial charge >= 0.3 is 5.97 Å². The molecule has 0 unspecified atom stereocenters. The van der Waals surface area contributed by atoms with Crippen LogP contribution in [0, 0.1) is 11.8 Å². The number of hydrogen-bond acceptors (Lipinski definition) is 4. The van der Waals surface area contributed by atoms with E-state index in [0.717, 1.165) is 38.5 Å². The van der Waals surface area contributed by atoms with E-state index in [0.29, 0.717) is 25.7 Å². The summed E-state index contributed by atoms with van der Waals surface area (Å²) < 4.78 is 16.8. The molecule has 0 aromatic carbocycles. The molecule has 2 atom stereocenters. The van der Waals surface area contributed by atoms with Crippen molar-refractivity contribution in [2.45, 2.75) is 58.2 Å². The van der Waals surface area contributed by atoms with Gasteiger partial charge in [0.05, 0.1) is 25.7 Å². The van der Waals surface area contributed by atoms with Gasteiger partial charge in [-0.2, -0.15) is 0 Å². The van der Waals surface area contributed by atoms with E-state index in [1.54, 1.807) is 0 Å². The van der Waals surface area contributed by atoms with E-state index >= 15 is 0 Å². The Labute approximate surface area is 115 Å². The predicted molar refractivity (Wildman–Crippen MR) is 71.6 cm³/mol. The summed E-state index contributed by atoms with van der Waals surface area (Å²) in [5.74, 6) is -0.0614. The fraction of sp³-hybridized carbons (Fsp3) is 0.933. The average molecular weight is 270 g/mol. The van der Waals surface area contributed by atoms with Crippen molar-refractivity contribution in [1.29, 1.82) is 0 Å². The first-order valence-electron chi connectivity index (χ1n) is 7.65. The van der Waals surface area contributed by atoms with Crippen LogP contribution in [0.4, 0.5) is 0 Å². The molecular formula is C15H26O4. The van der Waals surface area contributed by atoms with Gasteiger partial charge in [-0.05, 0) is 25.7 Å².